The number of carbonyl (C=O) groups is 2. The van der Waals surface area contributed by atoms with Crippen LogP contribution >= 0.6 is 0 Å². The van der Waals surface area contributed by atoms with Crippen molar-refractivity contribution < 1.29 is 23.8 Å². The Balaban J connectivity index is 1.61. The molecule has 1 N–H and O–H groups in total. The van der Waals surface area contributed by atoms with Gasteiger partial charge in [0.25, 0.3) is 0 Å². The van der Waals surface area contributed by atoms with E-state index in [1.807, 2.05) is 19.1 Å². The Kier molecular flexibility index (Phi) is 4.58. The molecular formula is C23H26N2O5. The van der Waals surface area contributed by atoms with E-state index in [0.29, 0.717) is 25.0 Å². The number of nitrogens with one attached hydrogen (secondary N) is 1. The van der Waals surface area contributed by atoms with Gasteiger partial charge >= 0.3 is 11.9 Å². The monoisotopic (exact) mass is 410 g/mol. The first-order valence-corrected chi connectivity index (χ1v) is 10.4. The summed E-state index contributed by atoms with van der Waals surface area (Å²) < 4.78 is 16.0. The van der Waals surface area contributed by atoms with Crippen LogP contribution in [0.4, 0.5) is 0 Å². The number of aromatic nitrogens is 1. The lowest BCUT2D eigenvalue weighted by Gasteiger charge is -2.51. The van der Waals surface area contributed by atoms with Crippen LogP contribution in [0.3, 0.4) is 0 Å². The SMILES string of the molecule is COC(=O)C1=CO[C@@H](C)[C@H]2CN3[C@@H](C(=O)OC)Cc4c([nH]c5ccccc45)[C@@H]3C[C@H]12. The number of fused-ring (bicyclic) bond motifs is 6. The number of carbonyl (C=O) groups excluding carboxylic acids is 2. The lowest BCUT2D eigenvalue weighted by molar-refractivity contribution is -0.153. The summed E-state index contributed by atoms with van der Waals surface area (Å²) >= 11 is 0. The maximum atomic E-state index is 12.8. The molecule has 0 radical (unpaired) electrons. The van der Waals surface area contributed by atoms with E-state index in [1.165, 1.54) is 19.8 Å². The summed E-state index contributed by atoms with van der Waals surface area (Å²) in [5.41, 5.74) is 3.96. The van der Waals surface area contributed by atoms with Crippen molar-refractivity contribution in [2.45, 2.75) is 38.0 Å². The van der Waals surface area contributed by atoms with Gasteiger partial charge in [0.05, 0.1) is 38.2 Å². The number of hydrogen-bond acceptors (Lipinski definition) is 6. The number of aromatic amines is 1. The molecule has 0 amide bonds. The molecule has 2 aromatic rings. The largest absolute Gasteiger partial charge is 0.497 e. The van der Waals surface area contributed by atoms with E-state index >= 15 is 0 Å². The van der Waals surface area contributed by atoms with E-state index in [2.05, 4.69) is 22.0 Å². The second-order valence-electron chi connectivity index (χ2n) is 8.43. The molecule has 1 aromatic heterocycles. The highest BCUT2D eigenvalue weighted by Crippen LogP contribution is 2.49. The van der Waals surface area contributed by atoms with Gasteiger partial charge in [0.2, 0.25) is 0 Å². The van der Waals surface area contributed by atoms with E-state index in [-0.39, 0.29) is 42.0 Å². The second-order valence-corrected chi connectivity index (χ2v) is 8.43. The van der Waals surface area contributed by atoms with Crippen molar-refractivity contribution >= 4 is 22.8 Å². The van der Waals surface area contributed by atoms with E-state index in [4.69, 9.17) is 14.2 Å². The summed E-state index contributed by atoms with van der Waals surface area (Å²) in [6, 6.07) is 7.82. The molecule has 0 aliphatic carbocycles. The van der Waals surface area contributed by atoms with Gasteiger partial charge in [-0.25, -0.2) is 4.79 Å². The van der Waals surface area contributed by atoms with Gasteiger partial charge in [-0.3, -0.25) is 9.69 Å². The van der Waals surface area contributed by atoms with Crippen LogP contribution in [0.2, 0.25) is 0 Å². The minimum atomic E-state index is -0.354. The minimum absolute atomic E-state index is 0.00939. The first kappa shape index (κ1) is 19.2. The van der Waals surface area contributed by atoms with Gasteiger partial charge in [-0.05, 0) is 25.0 Å². The highest BCUT2D eigenvalue weighted by atomic mass is 16.5. The fourth-order valence-corrected chi connectivity index (χ4v) is 5.59. The Labute approximate surface area is 175 Å². The first-order valence-electron chi connectivity index (χ1n) is 10.4. The van der Waals surface area contributed by atoms with Gasteiger partial charge in [0, 0.05) is 41.4 Å². The number of hydrogen-bond donors (Lipinski definition) is 1. The molecule has 1 aromatic carbocycles. The van der Waals surface area contributed by atoms with Crippen LogP contribution < -0.4 is 0 Å². The highest BCUT2D eigenvalue weighted by Gasteiger charge is 2.50. The smallest absolute Gasteiger partial charge is 0.337 e. The predicted molar refractivity (Wildman–Crippen MR) is 109 cm³/mol. The van der Waals surface area contributed by atoms with Gasteiger partial charge in [-0.2, -0.15) is 0 Å². The molecule has 30 heavy (non-hydrogen) atoms. The Bertz CT molecular complexity index is 1040. The summed E-state index contributed by atoms with van der Waals surface area (Å²) in [5.74, 6) is -0.457. The molecule has 5 atom stereocenters. The number of methoxy groups -OCH3 is 2. The standard InChI is InChI=1S/C23H26N2O5/c1-12-16-10-25-19(8-14(16)17(11-30-12)22(26)28-2)21-15(9-20(25)23(27)29-3)13-6-4-5-7-18(13)24-21/h4-7,11-12,14,16,19-20,24H,8-10H2,1-3H3/t12-,14-,16+,19-,20+/m0/s1. The van der Waals surface area contributed by atoms with Crippen LogP contribution in [0.15, 0.2) is 36.1 Å². The lowest BCUT2D eigenvalue weighted by Crippen LogP contribution is -2.57. The zero-order valence-corrected chi connectivity index (χ0v) is 17.4. The predicted octanol–water partition coefficient (Wildman–Crippen LogP) is 2.72. The zero-order valence-electron chi connectivity index (χ0n) is 17.4. The van der Waals surface area contributed by atoms with Crippen LogP contribution in [-0.2, 0) is 30.2 Å². The molecule has 158 valence electrons. The molecule has 3 aliphatic rings. The molecule has 0 spiro atoms. The molecule has 1 saturated heterocycles. The van der Waals surface area contributed by atoms with E-state index < -0.39 is 0 Å². The molecule has 0 saturated carbocycles. The lowest BCUT2D eigenvalue weighted by atomic mass is 9.71. The Hall–Kier alpha value is -2.80. The third-order valence-electron chi connectivity index (χ3n) is 7.10. The number of rotatable bonds is 2. The van der Waals surface area contributed by atoms with Crippen LogP contribution in [0, 0.1) is 11.8 Å². The number of benzene rings is 1. The van der Waals surface area contributed by atoms with Crippen LogP contribution in [0.1, 0.15) is 30.6 Å². The number of esters is 2. The number of H-pyrrole nitrogens is 1. The first-order chi connectivity index (χ1) is 14.5. The van der Waals surface area contributed by atoms with E-state index in [0.717, 1.165) is 16.6 Å². The fourth-order valence-electron chi connectivity index (χ4n) is 5.59. The minimum Gasteiger partial charge on any atom is -0.497 e. The van der Waals surface area contributed by atoms with E-state index in [1.54, 1.807) is 6.26 Å². The molecule has 0 unspecified atom stereocenters. The molecule has 1 fully saturated rings. The van der Waals surface area contributed by atoms with Gasteiger partial charge in [-0.1, -0.05) is 18.2 Å². The van der Waals surface area contributed by atoms with Gasteiger partial charge in [0.15, 0.2) is 0 Å². The van der Waals surface area contributed by atoms with Crippen LogP contribution in [0.5, 0.6) is 0 Å². The molecule has 0 bridgehead atoms. The summed E-state index contributed by atoms with van der Waals surface area (Å²) in [4.78, 5) is 31.0. The van der Waals surface area contributed by atoms with Gasteiger partial charge in [0.1, 0.15) is 6.04 Å². The Morgan fingerprint density at radius 2 is 2.00 bits per heavy atom. The maximum absolute atomic E-state index is 12.8. The molecule has 7 heteroatoms. The summed E-state index contributed by atoms with van der Waals surface area (Å²) in [6.45, 7) is 2.67. The number of para-hydroxylation sites is 1. The third-order valence-corrected chi connectivity index (χ3v) is 7.10. The van der Waals surface area contributed by atoms with Crippen molar-refractivity contribution in [3.8, 4) is 0 Å². The Morgan fingerprint density at radius 3 is 2.77 bits per heavy atom. The Morgan fingerprint density at radius 1 is 1.20 bits per heavy atom. The average Bonchev–Trinajstić information content (AvgIpc) is 3.15. The second kappa shape index (κ2) is 7.16. The van der Waals surface area contributed by atoms with Crippen molar-refractivity contribution in [1.29, 1.82) is 0 Å². The molecule has 5 rings (SSSR count). The zero-order chi connectivity index (χ0) is 21.0. The highest BCUT2D eigenvalue weighted by molar-refractivity contribution is 5.89. The molecular weight excluding hydrogens is 384 g/mol. The third kappa shape index (κ3) is 2.75. The number of nitrogens with zero attached hydrogens (tertiary/aromatic N) is 1. The van der Waals surface area contributed by atoms with Crippen molar-refractivity contribution in [2.24, 2.45) is 11.8 Å². The van der Waals surface area contributed by atoms with Crippen LogP contribution in [0.25, 0.3) is 10.9 Å². The fraction of sp³-hybridized carbons (Fsp3) is 0.478. The quantitative estimate of drug-likeness (QED) is 0.767. The number of ether oxygens (including phenoxy) is 3. The molecule has 7 nitrogen and oxygen atoms in total. The molecule has 4 heterocycles. The van der Waals surface area contributed by atoms with Crippen LogP contribution in [-0.4, -0.2) is 54.7 Å². The summed E-state index contributed by atoms with van der Waals surface area (Å²) in [6.07, 6.45) is 2.84. The normalized spacial score (nSPS) is 30.4. The van der Waals surface area contributed by atoms with E-state index in [9.17, 15) is 9.59 Å². The summed E-state index contributed by atoms with van der Waals surface area (Å²) in [5, 5.41) is 1.15. The average molecular weight is 410 g/mol. The topological polar surface area (TPSA) is 80.9 Å². The van der Waals surface area contributed by atoms with Gasteiger partial charge in [-0.15, -0.1) is 0 Å². The maximum Gasteiger partial charge on any atom is 0.337 e. The number of piperidine rings is 1. The van der Waals surface area contributed by atoms with Gasteiger partial charge < -0.3 is 19.2 Å². The van der Waals surface area contributed by atoms with Crippen molar-refractivity contribution in [2.75, 3.05) is 20.8 Å². The van der Waals surface area contributed by atoms with Crippen molar-refractivity contribution in [3.63, 3.8) is 0 Å². The molecule has 3 aliphatic heterocycles. The van der Waals surface area contributed by atoms with Crippen molar-refractivity contribution in [1.82, 2.24) is 9.88 Å². The van der Waals surface area contributed by atoms with Crippen molar-refractivity contribution in [3.05, 3.63) is 47.4 Å². The summed E-state index contributed by atoms with van der Waals surface area (Å²) in [7, 11) is 2.84.